The summed E-state index contributed by atoms with van der Waals surface area (Å²) in [6.45, 7) is 24.0. The van der Waals surface area contributed by atoms with Crippen LogP contribution in [-0.2, 0) is 6.42 Å². The highest BCUT2D eigenvalue weighted by atomic mass is 28.3. The molecule has 5 heteroatoms. The number of aromatic nitrogens is 3. The van der Waals surface area contributed by atoms with Crippen LogP contribution in [0.3, 0.4) is 0 Å². The first-order chi connectivity index (χ1) is 26.4. The lowest BCUT2D eigenvalue weighted by atomic mass is 9.76. The van der Waals surface area contributed by atoms with Crippen molar-refractivity contribution in [3.63, 3.8) is 0 Å². The number of hydrogen-bond acceptors (Lipinski definition) is 2. The first kappa shape index (κ1) is 36.3. The fraction of sp³-hybridized carbons (Fsp3) is 0.420. The van der Waals surface area contributed by atoms with E-state index in [1.165, 1.54) is 87.8 Å². The lowest BCUT2D eigenvalue weighted by Crippen LogP contribution is -2.54. The summed E-state index contributed by atoms with van der Waals surface area (Å²) in [4.78, 5) is 4.91. The number of pyridine rings is 3. The Bertz CT molecular complexity index is 2490. The molecule has 0 amide bonds. The van der Waals surface area contributed by atoms with E-state index in [1.54, 1.807) is 5.19 Å². The maximum Gasteiger partial charge on any atom is 0.227 e. The Morgan fingerprint density at radius 3 is 2.44 bits per heavy atom. The monoisotopic (exact) mass is 745 g/mol. The Balaban J connectivity index is 1.29. The molecule has 0 radical (unpaired) electrons. The summed E-state index contributed by atoms with van der Waals surface area (Å²) in [7, 11) is -1.66. The van der Waals surface area contributed by atoms with Crippen LogP contribution in [-0.4, -0.2) is 13.1 Å². The fourth-order valence-electron chi connectivity index (χ4n) is 10.7. The SMILES string of the molecule is C=C1CC2C(CCc3cc(C)c4c(oc5nc(C)ccc54)c3-c3cc(C(C)C4CCCCC4)cc[n+]31)c1ccccc1-c1cc(C(C)C)c([Si](C)(C)C)c[n+]12. The third kappa shape index (κ3) is 6.13. The minimum atomic E-state index is -1.66. The van der Waals surface area contributed by atoms with E-state index < -0.39 is 8.07 Å². The van der Waals surface area contributed by atoms with Gasteiger partial charge >= 0.3 is 0 Å². The second-order valence-corrected chi connectivity index (χ2v) is 23.7. The van der Waals surface area contributed by atoms with Crippen molar-refractivity contribution >= 4 is 41.0 Å². The molecule has 6 heterocycles. The van der Waals surface area contributed by atoms with Crippen molar-refractivity contribution in [3.8, 4) is 22.5 Å². The number of rotatable bonds is 4. The number of allylic oxidation sites excluding steroid dienone is 1. The molecule has 3 aliphatic rings. The van der Waals surface area contributed by atoms with E-state index in [0.29, 0.717) is 17.8 Å². The second kappa shape index (κ2) is 13.7. The molecule has 2 aliphatic heterocycles. The van der Waals surface area contributed by atoms with E-state index >= 15 is 0 Å². The summed E-state index contributed by atoms with van der Waals surface area (Å²) >= 11 is 0. The average Bonchev–Trinajstić information content (AvgIpc) is 3.55. The first-order valence-electron chi connectivity index (χ1n) is 21.1. The van der Waals surface area contributed by atoms with Crippen LogP contribution >= 0.6 is 0 Å². The molecule has 4 nitrogen and oxygen atoms in total. The Morgan fingerprint density at radius 1 is 0.891 bits per heavy atom. The molecule has 6 aromatic rings. The molecule has 9 rings (SSSR count). The largest absolute Gasteiger partial charge is 0.437 e. The first-order valence-corrected chi connectivity index (χ1v) is 24.6. The van der Waals surface area contributed by atoms with E-state index in [0.717, 1.165) is 53.3 Å². The molecule has 4 aromatic heterocycles. The van der Waals surface area contributed by atoms with E-state index in [1.807, 2.05) is 0 Å². The van der Waals surface area contributed by atoms with Gasteiger partial charge in [0.25, 0.3) is 0 Å². The van der Waals surface area contributed by atoms with Gasteiger partial charge in [-0.15, -0.1) is 0 Å². The molecule has 1 saturated carbocycles. The standard InChI is InChI=1S/C50H59N3OSi/c1-30(2)42-28-44-39-18-14-13-17-38(39)40-22-20-37-25-31(3)47-41-21-19-32(4)51-50(41)54-49(47)48(37)45-27-36(34(6)35-15-11-10-12-16-35)23-24-52(45)33(5)26-43(40)53(44)29-46(42)55(7,8)9/h13-14,17-19,21,23-25,27-30,34-35,40,43H,5,10-12,15-16,20,22,26H2,1-4,6-9H3/q+2. The van der Waals surface area contributed by atoms with Crippen LogP contribution in [0.1, 0.15) is 123 Å². The van der Waals surface area contributed by atoms with Crippen molar-refractivity contribution in [2.24, 2.45) is 5.92 Å². The number of aryl methyl sites for hydroxylation is 3. The van der Waals surface area contributed by atoms with Crippen LogP contribution in [0.15, 0.2) is 84.1 Å². The van der Waals surface area contributed by atoms with Gasteiger partial charge in [-0.05, 0) is 110 Å². The van der Waals surface area contributed by atoms with Crippen molar-refractivity contribution in [1.29, 1.82) is 0 Å². The van der Waals surface area contributed by atoms with Gasteiger partial charge < -0.3 is 4.42 Å². The maximum absolute atomic E-state index is 6.92. The smallest absolute Gasteiger partial charge is 0.227 e. The lowest BCUT2D eigenvalue weighted by molar-refractivity contribution is -0.719. The fourth-order valence-corrected chi connectivity index (χ4v) is 12.5. The molecule has 0 saturated heterocycles. The van der Waals surface area contributed by atoms with Gasteiger partial charge in [-0.25, -0.2) is 4.98 Å². The molecule has 0 bridgehead atoms. The van der Waals surface area contributed by atoms with Crippen molar-refractivity contribution in [3.05, 3.63) is 113 Å². The quantitative estimate of drug-likeness (QED) is 0.133. The van der Waals surface area contributed by atoms with Crippen LogP contribution in [0.5, 0.6) is 0 Å². The van der Waals surface area contributed by atoms with Gasteiger partial charge in [-0.2, -0.15) is 9.13 Å². The van der Waals surface area contributed by atoms with Gasteiger partial charge in [0.1, 0.15) is 0 Å². The van der Waals surface area contributed by atoms with Crippen LogP contribution in [0.2, 0.25) is 19.6 Å². The molecule has 282 valence electrons. The summed E-state index contributed by atoms with van der Waals surface area (Å²) in [6, 6.07) is 23.8. The zero-order valence-corrected chi connectivity index (χ0v) is 35.4. The van der Waals surface area contributed by atoms with Crippen molar-refractivity contribution in [1.82, 2.24) is 4.98 Å². The van der Waals surface area contributed by atoms with Gasteiger partial charge in [-0.1, -0.05) is 83.9 Å². The zero-order valence-electron chi connectivity index (χ0n) is 34.4. The van der Waals surface area contributed by atoms with E-state index in [9.17, 15) is 0 Å². The van der Waals surface area contributed by atoms with Crippen molar-refractivity contribution < 1.29 is 13.6 Å². The third-order valence-electron chi connectivity index (χ3n) is 13.7. The Hall–Kier alpha value is -4.35. The van der Waals surface area contributed by atoms with Crippen molar-refractivity contribution in [2.45, 2.75) is 129 Å². The molecular weight excluding hydrogens is 687 g/mol. The normalized spacial score (nSPS) is 19.5. The highest BCUT2D eigenvalue weighted by Gasteiger charge is 2.44. The lowest BCUT2D eigenvalue weighted by Gasteiger charge is -2.33. The minimum Gasteiger partial charge on any atom is -0.437 e. The van der Waals surface area contributed by atoms with Crippen LogP contribution in [0.4, 0.5) is 0 Å². The summed E-state index contributed by atoms with van der Waals surface area (Å²) in [5.41, 5.74) is 16.0. The maximum atomic E-state index is 6.92. The van der Waals surface area contributed by atoms with Crippen LogP contribution < -0.4 is 14.3 Å². The summed E-state index contributed by atoms with van der Waals surface area (Å²) in [5, 5.41) is 3.87. The number of hydrogen-bond donors (Lipinski definition) is 0. The highest BCUT2D eigenvalue weighted by molar-refractivity contribution is 6.89. The van der Waals surface area contributed by atoms with E-state index in [-0.39, 0.29) is 6.04 Å². The number of furan rings is 1. The Labute approximate surface area is 329 Å². The van der Waals surface area contributed by atoms with E-state index in [4.69, 9.17) is 16.0 Å². The topological polar surface area (TPSA) is 33.8 Å². The molecule has 1 aliphatic carbocycles. The molecule has 2 aromatic carbocycles. The molecule has 3 unspecified atom stereocenters. The average molecular weight is 746 g/mol. The number of nitrogens with zero attached hydrogens (tertiary/aromatic N) is 3. The molecule has 0 spiro atoms. The second-order valence-electron chi connectivity index (χ2n) is 18.7. The Morgan fingerprint density at radius 2 is 1.67 bits per heavy atom. The molecule has 1 fully saturated rings. The van der Waals surface area contributed by atoms with Gasteiger partial charge in [0.15, 0.2) is 29.7 Å². The van der Waals surface area contributed by atoms with Crippen molar-refractivity contribution in [2.75, 3.05) is 0 Å². The van der Waals surface area contributed by atoms with E-state index in [2.05, 4.69) is 136 Å². The van der Waals surface area contributed by atoms with Gasteiger partial charge in [-0.3, -0.25) is 0 Å². The highest BCUT2D eigenvalue weighted by Crippen LogP contribution is 2.47. The van der Waals surface area contributed by atoms with Crippen LogP contribution in [0, 0.1) is 19.8 Å². The van der Waals surface area contributed by atoms with Gasteiger partial charge in [0.05, 0.1) is 20.1 Å². The molecule has 0 N–H and O–H groups in total. The summed E-state index contributed by atoms with van der Waals surface area (Å²) < 4.78 is 12.0. The number of fused-ring (bicyclic) bond motifs is 13. The molecule has 3 atom stereocenters. The van der Waals surface area contributed by atoms with Gasteiger partial charge in [0, 0.05) is 51.3 Å². The summed E-state index contributed by atoms with van der Waals surface area (Å²) in [6.07, 6.45) is 14.5. The predicted octanol–water partition coefficient (Wildman–Crippen LogP) is 12.0. The predicted molar refractivity (Wildman–Crippen MR) is 231 cm³/mol. The zero-order chi connectivity index (χ0) is 38.3. The van der Waals surface area contributed by atoms with Crippen LogP contribution in [0.25, 0.3) is 50.3 Å². The number of benzene rings is 2. The Kier molecular flexibility index (Phi) is 9.03. The minimum absolute atomic E-state index is 0.250. The summed E-state index contributed by atoms with van der Waals surface area (Å²) in [5.74, 6) is 2.03. The third-order valence-corrected chi connectivity index (χ3v) is 15.7. The molecule has 55 heavy (non-hydrogen) atoms. The molecular formula is C50H59N3OSi+2. The van der Waals surface area contributed by atoms with Gasteiger partial charge in [0.2, 0.25) is 17.1 Å².